The van der Waals surface area contributed by atoms with Crippen molar-refractivity contribution >= 4 is 29.2 Å². The number of benzene rings is 1. The predicted molar refractivity (Wildman–Crippen MR) is 47.5 cm³/mol. The molecular weight excluding hydrogens is 185 g/mol. The van der Waals surface area contributed by atoms with E-state index < -0.39 is 0 Å². The Morgan fingerprint density at radius 3 is 2.64 bits per heavy atom. The first-order valence-corrected chi connectivity index (χ1v) is 3.73. The molecule has 0 amide bonds. The van der Waals surface area contributed by atoms with Gasteiger partial charge in [-0.2, -0.15) is 0 Å². The van der Waals surface area contributed by atoms with Gasteiger partial charge in [0.05, 0.1) is 10.7 Å². The summed E-state index contributed by atoms with van der Waals surface area (Å²) in [4.78, 5) is 0. The van der Waals surface area contributed by atoms with Gasteiger partial charge in [0, 0.05) is 7.05 Å². The second-order valence-electron chi connectivity index (χ2n) is 1.94. The number of nitrogens with one attached hydrogen (secondary N) is 1. The zero-order chi connectivity index (χ0) is 8.27. The van der Waals surface area contributed by atoms with E-state index in [9.17, 15) is 0 Å². The minimum Gasteiger partial charge on any atom is -0.385 e. The molecule has 0 unspecified atom stereocenters. The van der Waals surface area contributed by atoms with Gasteiger partial charge < -0.3 is 9.61 Å². The van der Waals surface area contributed by atoms with Crippen molar-refractivity contribution in [1.82, 2.24) is 0 Å². The summed E-state index contributed by atoms with van der Waals surface area (Å²) < 4.78 is 4.54. The molecule has 0 fully saturated rings. The van der Waals surface area contributed by atoms with Gasteiger partial charge in [0.2, 0.25) is 0 Å². The molecule has 0 radical (unpaired) electrons. The molecule has 0 aliphatic carbocycles. The first-order chi connectivity index (χ1) is 5.29. The second kappa shape index (κ2) is 3.69. The van der Waals surface area contributed by atoms with Crippen LogP contribution in [0.15, 0.2) is 18.2 Å². The highest BCUT2D eigenvalue weighted by molar-refractivity contribution is 6.33. The summed E-state index contributed by atoms with van der Waals surface area (Å²) in [6, 6.07) is 5.34. The van der Waals surface area contributed by atoms with Crippen molar-refractivity contribution < 1.29 is 4.29 Å². The lowest BCUT2D eigenvalue weighted by Gasteiger charge is -2.05. The summed E-state index contributed by atoms with van der Waals surface area (Å²) in [5.74, 6) is 0.457. The molecule has 1 aromatic carbocycles. The minimum atomic E-state index is 0.457. The lowest BCUT2D eigenvalue weighted by Crippen LogP contribution is -1.90. The first-order valence-electron chi connectivity index (χ1n) is 3.04. The highest BCUT2D eigenvalue weighted by Gasteiger charge is 2.05. The van der Waals surface area contributed by atoms with Crippen molar-refractivity contribution in [2.45, 2.75) is 0 Å². The van der Waals surface area contributed by atoms with Gasteiger partial charge in [-0.1, -0.05) is 17.7 Å². The van der Waals surface area contributed by atoms with Crippen molar-refractivity contribution in [1.29, 1.82) is 0 Å². The van der Waals surface area contributed by atoms with Crippen LogP contribution < -0.4 is 9.61 Å². The third kappa shape index (κ3) is 1.70. The van der Waals surface area contributed by atoms with Crippen LogP contribution in [0.5, 0.6) is 5.75 Å². The van der Waals surface area contributed by atoms with Crippen molar-refractivity contribution in [3.8, 4) is 5.75 Å². The van der Waals surface area contributed by atoms with Gasteiger partial charge >= 0.3 is 0 Å². The maximum absolute atomic E-state index is 5.76. The van der Waals surface area contributed by atoms with Crippen LogP contribution in [0.3, 0.4) is 0 Å². The molecule has 4 heteroatoms. The van der Waals surface area contributed by atoms with Crippen LogP contribution in [0.1, 0.15) is 0 Å². The molecule has 0 aliphatic rings. The largest absolute Gasteiger partial charge is 0.385 e. The topological polar surface area (TPSA) is 21.3 Å². The fourth-order valence-electron chi connectivity index (χ4n) is 0.784. The van der Waals surface area contributed by atoms with Crippen LogP contribution in [0.2, 0.25) is 5.02 Å². The Labute approximate surface area is 75.2 Å². The van der Waals surface area contributed by atoms with Crippen molar-refractivity contribution in [3.63, 3.8) is 0 Å². The van der Waals surface area contributed by atoms with E-state index in [2.05, 4.69) is 9.61 Å². The van der Waals surface area contributed by atoms with Crippen LogP contribution >= 0.6 is 23.5 Å². The van der Waals surface area contributed by atoms with E-state index in [1.54, 1.807) is 13.1 Å². The third-order valence-electron chi connectivity index (χ3n) is 1.31. The Kier molecular flexibility index (Phi) is 2.85. The molecule has 11 heavy (non-hydrogen) atoms. The van der Waals surface area contributed by atoms with E-state index in [0.29, 0.717) is 10.8 Å². The fourth-order valence-corrected chi connectivity index (χ4v) is 1.20. The molecule has 0 aromatic heterocycles. The molecule has 0 saturated heterocycles. The summed E-state index contributed by atoms with van der Waals surface area (Å²) >= 11 is 11.0. The van der Waals surface area contributed by atoms with Gasteiger partial charge in [-0.05, 0) is 12.1 Å². The lowest BCUT2D eigenvalue weighted by atomic mass is 10.3. The summed E-state index contributed by atoms with van der Waals surface area (Å²) in [6.07, 6.45) is 0. The zero-order valence-electron chi connectivity index (χ0n) is 5.90. The minimum absolute atomic E-state index is 0.457. The zero-order valence-corrected chi connectivity index (χ0v) is 7.41. The van der Waals surface area contributed by atoms with Gasteiger partial charge in [0.15, 0.2) is 5.75 Å². The number of hydrogen-bond acceptors (Lipinski definition) is 2. The van der Waals surface area contributed by atoms with Gasteiger partial charge in [0.1, 0.15) is 11.9 Å². The van der Waals surface area contributed by atoms with Crippen molar-refractivity contribution in [2.24, 2.45) is 0 Å². The maximum Gasteiger partial charge on any atom is 0.187 e. The number of rotatable bonds is 2. The molecule has 0 spiro atoms. The first kappa shape index (κ1) is 8.50. The normalized spacial score (nSPS) is 9.36. The quantitative estimate of drug-likeness (QED) is 0.777. The standard InChI is InChI=1S/C7H7Cl2NO/c1-10-6-4-2-3-5(8)7(6)11-9/h2-4,10H,1H3. The van der Waals surface area contributed by atoms with Gasteiger partial charge in [-0.3, -0.25) is 0 Å². The molecule has 0 aliphatic heterocycles. The van der Waals surface area contributed by atoms with Crippen LogP contribution in [0.4, 0.5) is 5.69 Å². The van der Waals surface area contributed by atoms with Gasteiger partial charge in [-0.15, -0.1) is 0 Å². The Hall–Kier alpha value is -0.600. The van der Waals surface area contributed by atoms with E-state index in [1.807, 2.05) is 12.1 Å². The van der Waals surface area contributed by atoms with E-state index in [1.165, 1.54) is 0 Å². The average Bonchev–Trinajstić information content (AvgIpc) is 2.04. The molecule has 60 valence electrons. The van der Waals surface area contributed by atoms with Gasteiger partial charge in [0.25, 0.3) is 0 Å². The van der Waals surface area contributed by atoms with E-state index in [0.717, 1.165) is 5.69 Å². The van der Waals surface area contributed by atoms with Crippen LogP contribution in [-0.2, 0) is 0 Å². The molecular formula is C7H7Cl2NO. The predicted octanol–water partition coefficient (Wildman–Crippen LogP) is 2.91. The van der Waals surface area contributed by atoms with E-state index >= 15 is 0 Å². The molecule has 2 nitrogen and oxygen atoms in total. The number of halogens is 2. The molecule has 0 heterocycles. The highest BCUT2D eigenvalue weighted by Crippen LogP contribution is 2.32. The molecule has 1 aromatic rings. The Morgan fingerprint density at radius 1 is 1.45 bits per heavy atom. The Balaban J connectivity index is 3.13. The SMILES string of the molecule is CNc1cccc(Cl)c1OCl. The highest BCUT2D eigenvalue weighted by atomic mass is 35.5. The van der Waals surface area contributed by atoms with E-state index in [4.69, 9.17) is 23.5 Å². The summed E-state index contributed by atoms with van der Waals surface area (Å²) in [7, 11) is 1.77. The van der Waals surface area contributed by atoms with Crippen molar-refractivity contribution in [2.75, 3.05) is 12.4 Å². The van der Waals surface area contributed by atoms with Crippen LogP contribution in [0, 0.1) is 0 Å². The summed E-state index contributed by atoms with van der Waals surface area (Å²) in [6.45, 7) is 0. The second-order valence-corrected chi connectivity index (χ2v) is 2.51. The number of hydrogen-bond donors (Lipinski definition) is 1. The average molecular weight is 192 g/mol. The smallest absolute Gasteiger partial charge is 0.187 e. The maximum atomic E-state index is 5.76. The molecule has 0 saturated carbocycles. The Bertz CT molecular complexity index is 252. The summed E-state index contributed by atoms with van der Waals surface area (Å²) in [5, 5.41) is 3.39. The number of para-hydroxylation sites is 1. The molecule has 1 rings (SSSR count). The Morgan fingerprint density at radius 2 is 2.18 bits per heavy atom. The van der Waals surface area contributed by atoms with Gasteiger partial charge in [-0.25, -0.2) is 0 Å². The molecule has 0 bridgehead atoms. The van der Waals surface area contributed by atoms with Crippen LogP contribution in [0.25, 0.3) is 0 Å². The fraction of sp³-hybridized carbons (Fsp3) is 0.143. The molecule has 0 atom stereocenters. The van der Waals surface area contributed by atoms with E-state index in [-0.39, 0.29) is 0 Å². The van der Waals surface area contributed by atoms with Crippen molar-refractivity contribution in [3.05, 3.63) is 23.2 Å². The molecule has 1 N–H and O–H groups in total. The monoisotopic (exact) mass is 191 g/mol. The lowest BCUT2D eigenvalue weighted by molar-refractivity contribution is 0.622. The summed E-state index contributed by atoms with van der Waals surface area (Å²) in [5.41, 5.74) is 0.771. The third-order valence-corrected chi connectivity index (χ3v) is 1.77. The van der Waals surface area contributed by atoms with Crippen LogP contribution in [-0.4, -0.2) is 7.05 Å². The number of anilines is 1.